The molecular weight excluding hydrogens is 580 g/mol. The highest BCUT2D eigenvalue weighted by molar-refractivity contribution is 7.92. The minimum atomic E-state index is -4.00. The number of aromatic nitrogens is 1. The molecule has 4 rings (SSSR count). The van der Waals surface area contributed by atoms with E-state index in [-0.39, 0.29) is 39.7 Å². The summed E-state index contributed by atoms with van der Waals surface area (Å²) in [5.74, 6) is -0.595. The number of amides is 2. The first-order valence-electron chi connectivity index (χ1n) is 15.3. The van der Waals surface area contributed by atoms with Gasteiger partial charge in [0.2, 0.25) is 5.88 Å². The van der Waals surface area contributed by atoms with Crippen LogP contribution in [-0.4, -0.2) is 55.2 Å². The number of carbonyl (C=O) groups is 2. The van der Waals surface area contributed by atoms with E-state index in [0.29, 0.717) is 42.0 Å². The number of sulfonamides is 1. The number of carbonyl (C=O) groups excluding carboxylic acids is 2. The molecule has 3 N–H and O–H groups in total. The standard InChI is InChI=1S/C33H44N4O6S/c1-6-7-14-30(38)37(21-27-11-10-19-42-27,31(22(2)3)32(34)39)20-25-15-17-26(18-16-25)28-12-8-9-13-29(28)44(40,41)36-33-23(4)24(5)35-43-33/h8-9,12-13,15-18,22,27,31H,6-7,10-11,14,19-21H2,1-5H3,(H2-,34,35,36,39)/p+1/t27?,31-,37?/m0/s1. The highest BCUT2D eigenvalue weighted by atomic mass is 32.2. The van der Waals surface area contributed by atoms with Gasteiger partial charge >= 0.3 is 5.91 Å². The minimum Gasteiger partial charge on any atom is -0.372 e. The summed E-state index contributed by atoms with van der Waals surface area (Å²) in [6.07, 6.45) is 3.53. The Kier molecular flexibility index (Phi) is 10.6. The van der Waals surface area contributed by atoms with Crippen molar-refractivity contribution in [1.29, 1.82) is 0 Å². The van der Waals surface area contributed by atoms with Crippen molar-refractivity contribution in [2.24, 2.45) is 11.7 Å². The Balaban J connectivity index is 1.71. The van der Waals surface area contributed by atoms with E-state index in [1.807, 2.05) is 45.0 Å². The van der Waals surface area contributed by atoms with Gasteiger partial charge in [0, 0.05) is 29.2 Å². The SMILES string of the molecule is CCCCC(=O)[N+](Cc1ccc(-c2ccccc2S(=O)(=O)Nc2onc(C)c2C)cc1)(CC1CCCO1)[C@H](C(N)=O)C(C)C. The molecule has 2 unspecified atom stereocenters. The van der Waals surface area contributed by atoms with Crippen LogP contribution in [0.3, 0.4) is 0 Å². The van der Waals surface area contributed by atoms with E-state index in [0.717, 1.165) is 31.2 Å². The lowest BCUT2D eigenvalue weighted by molar-refractivity contribution is -0.890. The van der Waals surface area contributed by atoms with Crippen molar-refractivity contribution < 1.29 is 31.7 Å². The lowest BCUT2D eigenvalue weighted by Crippen LogP contribution is -2.66. The number of ether oxygens (including phenoxy) is 1. The topological polar surface area (TPSA) is 142 Å². The Hall–Kier alpha value is -3.54. The molecule has 238 valence electrons. The summed E-state index contributed by atoms with van der Waals surface area (Å²) in [5.41, 5.74) is 9.28. The average molecular weight is 626 g/mol. The number of hydrogen-bond acceptors (Lipinski definition) is 7. The number of nitrogens with zero attached hydrogens (tertiary/aromatic N) is 2. The van der Waals surface area contributed by atoms with Gasteiger partial charge in [-0.15, -0.1) is 0 Å². The van der Waals surface area contributed by atoms with Crippen LogP contribution >= 0.6 is 0 Å². The highest BCUT2D eigenvalue weighted by Crippen LogP contribution is 2.33. The third-order valence-corrected chi connectivity index (χ3v) is 9.93. The quantitative estimate of drug-likeness (QED) is 0.226. The first-order chi connectivity index (χ1) is 20.9. The molecule has 0 saturated carbocycles. The van der Waals surface area contributed by atoms with Gasteiger partial charge in [0.1, 0.15) is 19.2 Å². The predicted octanol–water partition coefficient (Wildman–Crippen LogP) is 5.48. The van der Waals surface area contributed by atoms with Crippen molar-refractivity contribution in [2.45, 2.75) is 90.3 Å². The Morgan fingerprint density at radius 3 is 2.39 bits per heavy atom. The molecule has 2 amide bonds. The molecular formula is C33H45N4O6S+. The highest BCUT2D eigenvalue weighted by Gasteiger charge is 2.50. The minimum absolute atomic E-state index is 0.00983. The van der Waals surface area contributed by atoms with E-state index in [1.54, 1.807) is 38.1 Å². The summed E-state index contributed by atoms with van der Waals surface area (Å²) in [7, 11) is -4.00. The molecule has 0 spiro atoms. The molecule has 1 aromatic heterocycles. The van der Waals surface area contributed by atoms with Crippen LogP contribution < -0.4 is 10.5 Å². The molecule has 1 saturated heterocycles. The van der Waals surface area contributed by atoms with Crippen molar-refractivity contribution in [3.8, 4) is 11.1 Å². The Morgan fingerprint density at radius 1 is 1.11 bits per heavy atom. The second-order valence-corrected chi connectivity index (χ2v) is 13.8. The second kappa shape index (κ2) is 14.0. The van der Waals surface area contributed by atoms with Gasteiger partial charge < -0.3 is 15.0 Å². The van der Waals surface area contributed by atoms with Crippen LogP contribution in [0.1, 0.15) is 69.7 Å². The zero-order valence-electron chi connectivity index (χ0n) is 26.3. The Bertz CT molecular complexity index is 1560. The molecule has 0 aliphatic carbocycles. The van der Waals surface area contributed by atoms with Crippen LogP contribution in [0, 0.1) is 19.8 Å². The smallest absolute Gasteiger partial charge is 0.314 e. The normalized spacial score (nSPS) is 17.4. The number of primary amides is 1. The number of anilines is 1. The van der Waals surface area contributed by atoms with Crippen LogP contribution in [0.5, 0.6) is 0 Å². The fourth-order valence-electron chi connectivity index (χ4n) is 6.21. The first kappa shape index (κ1) is 33.4. The van der Waals surface area contributed by atoms with Crippen LogP contribution in [0.2, 0.25) is 0 Å². The van der Waals surface area contributed by atoms with E-state index in [4.69, 9.17) is 15.0 Å². The molecule has 3 atom stereocenters. The van der Waals surface area contributed by atoms with Gasteiger partial charge in [0.25, 0.3) is 15.9 Å². The van der Waals surface area contributed by atoms with Gasteiger partial charge in [-0.2, -0.15) is 0 Å². The molecule has 1 aliphatic heterocycles. The van der Waals surface area contributed by atoms with Crippen LogP contribution in [0.15, 0.2) is 57.9 Å². The third-order valence-electron chi connectivity index (χ3n) is 8.54. The first-order valence-corrected chi connectivity index (χ1v) is 16.8. The van der Waals surface area contributed by atoms with Crippen LogP contribution in [-0.2, 0) is 30.9 Å². The van der Waals surface area contributed by atoms with Crippen molar-refractivity contribution in [3.05, 3.63) is 65.4 Å². The third kappa shape index (κ3) is 7.22. The number of rotatable bonds is 14. The summed E-state index contributed by atoms with van der Waals surface area (Å²) >= 11 is 0. The summed E-state index contributed by atoms with van der Waals surface area (Å²) in [5, 5.41) is 3.84. The number of aryl methyl sites for hydroxylation is 1. The molecule has 2 aromatic carbocycles. The second-order valence-electron chi connectivity index (χ2n) is 12.1. The summed E-state index contributed by atoms with van der Waals surface area (Å²) in [6, 6.07) is 13.5. The van der Waals surface area contributed by atoms with E-state index < -0.39 is 22.0 Å². The molecule has 0 bridgehead atoms. The van der Waals surface area contributed by atoms with Gasteiger partial charge in [0.15, 0.2) is 6.04 Å². The molecule has 3 aromatic rings. The average Bonchev–Trinajstić information content (AvgIpc) is 3.61. The van der Waals surface area contributed by atoms with Crippen LogP contribution in [0.4, 0.5) is 5.88 Å². The van der Waals surface area contributed by atoms with Gasteiger partial charge in [-0.25, -0.2) is 22.4 Å². The lowest BCUT2D eigenvalue weighted by atomic mass is 9.94. The monoisotopic (exact) mass is 625 g/mol. The Labute approximate surface area is 260 Å². The number of nitrogens with one attached hydrogen (secondary N) is 1. The Morgan fingerprint density at radius 2 is 1.82 bits per heavy atom. The molecule has 2 heterocycles. The van der Waals surface area contributed by atoms with E-state index >= 15 is 0 Å². The van der Waals surface area contributed by atoms with Gasteiger partial charge in [0.05, 0.1) is 17.0 Å². The van der Waals surface area contributed by atoms with E-state index in [2.05, 4.69) is 9.88 Å². The fraction of sp³-hybridized carbons (Fsp3) is 0.485. The number of quaternary nitrogens is 1. The zero-order chi connectivity index (χ0) is 32.1. The summed E-state index contributed by atoms with van der Waals surface area (Å²) < 4.78 is 40.5. The van der Waals surface area contributed by atoms with Crippen molar-refractivity contribution >= 4 is 27.7 Å². The largest absolute Gasteiger partial charge is 0.372 e. The zero-order valence-corrected chi connectivity index (χ0v) is 27.2. The molecule has 0 radical (unpaired) electrons. The fourth-order valence-corrected chi connectivity index (χ4v) is 7.49. The van der Waals surface area contributed by atoms with E-state index in [1.165, 1.54) is 0 Å². The van der Waals surface area contributed by atoms with E-state index in [9.17, 15) is 18.0 Å². The summed E-state index contributed by atoms with van der Waals surface area (Å²) in [6.45, 7) is 10.7. The van der Waals surface area contributed by atoms with Crippen molar-refractivity contribution in [2.75, 3.05) is 17.9 Å². The van der Waals surface area contributed by atoms with Gasteiger partial charge in [-0.1, -0.05) is 74.8 Å². The van der Waals surface area contributed by atoms with Crippen LogP contribution in [0.25, 0.3) is 11.1 Å². The number of nitrogens with two attached hydrogens (primary N) is 1. The predicted molar refractivity (Wildman–Crippen MR) is 169 cm³/mol. The van der Waals surface area contributed by atoms with Crippen molar-refractivity contribution in [1.82, 2.24) is 5.16 Å². The number of hydrogen-bond donors (Lipinski definition) is 2. The molecule has 44 heavy (non-hydrogen) atoms. The van der Waals surface area contributed by atoms with Crippen molar-refractivity contribution in [3.63, 3.8) is 0 Å². The molecule has 11 heteroatoms. The number of unbranched alkanes of at least 4 members (excludes halogenated alkanes) is 1. The summed E-state index contributed by atoms with van der Waals surface area (Å²) in [4.78, 5) is 27.2. The maximum atomic E-state index is 14.1. The maximum Gasteiger partial charge on any atom is 0.314 e. The molecule has 1 aliphatic rings. The maximum absolute atomic E-state index is 14.1. The molecule has 1 fully saturated rings. The lowest BCUT2D eigenvalue weighted by Gasteiger charge is -2.44. The van der Waals surface area contributed by atoms with Gasteiger partial charge in [-0.3, -0.25) is 4.79 Å². The van der Waals surface area contributed by atoms with Gasteiger partial charge in [-0.05, 0) is 44.7 Å². The number of benzene rings is 2. The molecule has 10 nitrogen and oxygen atoms in total.